The number of rotatable bonds is 4. The van der Waals surface area contributed by atoms with Gasteiger partial charge >= 0.3 is 0 Å². The van der Waals surface area contributed by atoms with Crippen molar-refractivity contribution in [3.05, 3.63) is 24.0 Å². The van der Waals surface area contributed by atoms with Crippen molar-refractivity contribution in [3.63, 3.8) is 0 Å². The first-order chi connectivity index (χ1) is 10.0. The second-order valence-electron chi connectivity index (χ2n) is 6.34. The molecule has 5 heteroatoms. The van der Waals surface area contributed by atoms with Gasteiger partial charge in [-0.3, -0.25) is 4.98 Å². The summed E-state index contributed by atoms with van der Waals surface area (Å²) in [6.45, 7) is 6.79. The van der Waals surface area contributed by atoms with Crippen LogP contribution >= 0.6 is 0 Å². The van der Waals surface area contributed by atoms with Gasteiger partial charge in [-0.25, -0.2) is 0 Å². The van der Waals surface area contributed by atoms with Crippen molar-refractivity contribution in [2.75, 3.05) is 0 Å². The zero-order valence-electron chi connectivity index (χ0n) is 13.0. The zero-order valence-corrected chi connectivity index (χ0v) is 13.0. The Morgan fingerprint density at radius 3 is 2.90 bits per heavy atom. The molecule has 0 amide bonds. The summed E-state index contributed by atoms with van der Waals surface area (Å²) in [5.74, 6) is 2.60. The minimum absolute atomic E-state index is 0.00197. The largest absolute Gasteiger partial charge is 0.490 e. The van der Waals surface area contributed by atoms with E-state index in [0.29, 0.717) is 23.4 Å². The number of nitrogens with two attached hydrogens (primary N) is 1. The number of hydrogen-bond donors (Lipinski definition) is 2. The van der Waals surface area contributed by atoms with Gasteiger partial charge in [0.15, 0.2) is 5.84 Å². The topological polar surface area (TPSA) is 80.7 Å². The third-order valence-corrected chi connectivity index (χ3v) is 4.35. The first-order valence-corrected chi connectivity index (χ1v) is 7.61. The maximum absolute atomic E-state index is 8.73. The molecule has 3 atom stereocenters. The van der Waals surface area contributed by atoms with E-state index < -0.39 is 0 Å². The molecule has 1 aliphatic rings. The predicted octanol–water partition coefficient (Wildman–Crippen LogP) is 3.02. The standard InChI is InChI=1S/C16H25N3O2/c1-10(2)13-5-4-11(3)8-15(13)21-12-6-7-18-14(9-12)16(17)19-20/h6-7,9-11,13,15,20H,4-5,8H2,1-3H3,(H2,17,19). The highest BCUT2D eigenvalue weighted by Crippen LogP contribution is 2.35. The maximum Gasteiger partial charge on any atom is 0.188 e. The molecule has 0 saturated heterocycles. The SMILES string of the molecule is CC1CCC(C(C)C)C(Oc2ccnc(C(N)=NO)c2)C1. The van der Waals surface area contributed by atoms with Crippen LogP contribution in [0.5, 0.6) is 5.75 Å². The Hall–Kier alpha value is -1.78. The van der Waals surface area contributed by atoms with Crippen LogP contribution in [0.1, 0.15) is 45.7 Å². The number of ether oxygens (including phenoxy) is 1. The molecule has 0 aliphatic heterocycles. The van der Waals surface area contributed by atoms with E-state index in [-0.39, 0.29) is 11.9 Å². The third-order valence-electron chi connectivity index (χ3n) is 4.35. The molecule has 1 aromatic rings. The summed E-state index contributed by atoms with van der Waals surface area (Å²) in [6, 6.07) is 3.55. The van der Waals surface area contributed by atoms with Crippen LogP contribution in [-0.2, 0) is 0 Å². The van der Waals surface area contributed by atoms with Crippen LogP contribution in [0.3, 0.4) is 0 Å². The van der Waals surface area contributed by atoms with E-state index in [1.165, 1.54) is 12.8 Å². The normalized spacial score (nSPS) is 26.9. The van der Waals surface area contributed by atoms with E-state index in [0.717, 1.165) is 12.2 Å². The lowest BCUT2D eigenvalue weighted by Gasteiger charge is -2.37. The predicted molar refractivity (Wildman–Crippen MR) is 82.5 cm³/mol. The van der Waals surface area contributed by atoms with Crippen molar-refractivity contribution in [1.29, 1.82) is 0 Å². The minimum Gasteiger partial charge on any atom is -0.490 e. The highest BCUT2D eigenvalue weighted by molar-refractivity contribution is 5.95. The van der Waals surface area contributed by atoms with Crippen LogP contribution in [0.4, 0.5) is 0 Å². The average molecular weight is 291 g/mol. The van der Waals surface area contributed by atoms with Gasteiger partial charge in [0, 0.05) is 12.3 Å². The summed E-state index contributed by atoms with van der Waals surface area (Å²) >= 11 is 0. The molecular formula is C16H25N3O2. The fraction of sp³-hybridized carbons (Fsp3) is 0.625. The van der Waals surface area contributed by atoms with Crippen LogP contribution in [0.2, 0.25) is 0 Å². The van der Waals surface area contributed by atoms with Gasteiger partial charge in [-0.15, -0.1) is 0 Å². The lowest BCUT2D eigenvalue weighted by atomic mass is 9.75. The van der Waals surface area contributed by atoms with Crippen LogP contribution < -0.4 is 10.5 Å². The zero-order chi connectivity index (χ0) is 15.4. The molecule has 5 nitrogen and oxygen atoms in total. The van der Waals surface area contributed by atoms with Gasteiger partial charge in [0.25, 0.3) is 0 Å². The molecule has 2 rings (SSSR count). The van der Waals surface area contributed by atoms with Crippen LogP contribution in [-0.4, -0.2) is 22.1 Å². The monoisotopic (exact) mass is 291 g/mol. The van der Waals surface area contributed by atoms with Gasteiger partial charge in [-0.1, -0.05) is 32.3 Å². The van der Waals surface area contributed by atoms with Crippen LogP contribution in [0, 0.1) is 17.8 Å². The van der Waals surface area contributed by atoms with Gasteiger partial charge in [-0.2, -0.15) is 0 Å². The molecule has 0 radical (unpaired) electrons. The molecule has 0 spiro atoms. The number of pyridine rings is 1. The fourth-order valence-electron chi connectivity index (χ4n) is 3.10. The van der Waals surface area contributed by atoms with Crippen molar-refractivity contribution in [2.45, 2.75) is 46.1 Å². The second kappa shape index (κ2) is 6.78. The van der Waals surface area contributed by atoms with E-state index in [4.69, 9.17) is 15.7 Å². The first-order valence-electron chi connectivity index (χ1n) is 7.61. The lowest BCUT2D eigenvalue weighted by Crippen LogP contribution is -2.36. The second-order valence-corrected chi connectivity index (χ2v) is 6.34. The third kappa shape index (κ3) is 3.86. The van der Waals surface area contributed by atoms with E-state index in [1.807, 2.05) is 6.07 Å². The summed E-state index contributed by atoms with van der Waals surface area (Å²) in [7, 11) is 0. The molecule has 1 aromatic heterocycles. The number of oxime groups is 1. The van der Waals surface area contributed by atoms with Gasteiger partial charge < -0.3 is 15.7 Å². The van der Waals surface area contributed by atoms with E-state index in [1.54, 1.807) is 12.3 Å². The Labute approximate surface area is 126 Å². The Bertz CT molecular complexity index is 502. The van der Waals surface area contributed by atoms with E-state index in [2.05, 4.69) is 30.9 Å². The van der Waals surface area contributed by atoms with E-state index >= 15 is 0 Å². The summed E-state index contributed by atoms with van der Waals surface area (Å²) < 4.78 is 6.20. The number of amidine groups is 1. The molecule has 1 heterocycles. The number of aromatic nitrogens is 1. The highest BCUT2D eigenvalue weighted by atomic mass is 16.5. The summed E-state index contributed by atoms with van der Waals surface area (Å²) in [5.41, 5.74) is 6.01. The van der Waals surface area contributed by atoms with Crippen molar-refractivity contribution in [2.24, 2.45) is 28.6 Å². The maximum atomic E-state index is 8.73. The fourth-order valence-corrected chi connectivity index (χ4v) is 3.10. The number of nitrogens with zero attached hydrogens (tertiary/aromatic N) is 2. The van der Waals surface area contributed by atoms with Gasteiger partial charge in [-0.05, 0) is 36.7 Å². The molecular weight excluding hydrogens is 266 g/mol. The highest BCUT2D eigenvalue weighted by Gasteiger charge is 2.32. The molecule has 3 unspecified atom stereocenters. The molecule has 3 N–H and O–H groups in total. The Morgan fingerprint density at radius 1 is 1.48 bits per heavy atom. The van der Waals surface area contributed by atoms with Crippen LogP contribution in [0.15, 0.2) is 23.5 Å². The molecule has 0 bridgehead atoms. The smallest absolute Gasteiger partial charge is 0.188 e. The summed E-state index contributed by atoms with van der Waals surface area (Å²) in [5, 5.41) is 11.7. The summed E-state index contributed by atoms with van der Waals surface area (Å²) in [4.78, 5) is 4.08. The average Bonchev–Trinajstić information content (AvgIpc) is 2.46. The van der Waals surface area contributed by atoms with Crippen molar-refractivity contribution in [1.82, 2.24) is 4.98 Å². The van der Waals surface area contributed by atoms with Crippen molar-refractivity contribution < 1.29 is 9.94 Å². The van der Waals surface area contributed by atoms with Gasteiger partial charge in [0.1, 0.15) is 17.5 Å². The van der Waals surface area contributed by atoms with Gasteiger partial charge in [0.2, 0.25) is 0 Å². The lowest BCUT2D eigenvalue weighted by molar-refractivity contribution is 0.0459. The number of hydrogen-bond acceptors (Lipinski definition) is 4. The molecule has 1 aliphatic carbocycles. The molecule has 0 aromatic carbocycles. The molecule has 1 saturated carbocycles. The van der Waals surface area contributed by atoms with Crippen molar-refractivity contribution >= 4 is 5.84 Å². The summed E-state index contributed by atoms with van der Waals surface area (Å²) in [6.07, 6.45) is 5.40. The van der Waals surface area contributed by atoms with Crippen LogP contribution in [0.25, 0.3) is 0 Å². The minimum atomic E-state index is -0.00197. The van der Waals surface area contributed by atoms with Crippen molar-refractivity contribution in [3.8, 4) is 5.75 Å². The Morgan fingerprint density at radius 2 is 2.24 bits per heavy atom. The molecule has 21 heavy (non-hydrogen) atoms. The molecule has 116 valence electrons. The molecule has 1 fully saturated rings. The quantitative estimate of drug-likeness (QED) is 0.387. The van der Waals surface area contributed by atoms with E-state index in [9.17, 15) is 0 Å². The van der Waals surface area contributed by atoms with Gasteiger partial charge in [0.05, 0.1) is 0 Å². The first kappa shape index (κ1) is 15.6. The Kier molecular flexibility index (Phi) is 5.04. The Balaban J connectivity index is 2.15.